The molecule has 1 fully saturated rings. The maximum absolute atomic E-state index is 11.3. The van der Waals surface area contributed by atoms with Crippen LogP contribution in [0.3, 0.4) is 0 Å². The lowest BCUT2D eigenvalue weighted by molar-refractivity contribution is -0.172. The van der Waals surface area contributed by atoms with Gasteiger partial charge in [-0.15, -0.1) is 0 Å². The van der Waals surface area contributed by atoms with Crippen LogP contribution in [-0.2, 0) is 9.53 Å². The van der Waals surface area contributed by atoms with Crippen LogP contribution >= 0.6 is 0 Å². The highest BCUT2D eigenvalue weighted by Gasteiger charge is 2.53. The average molecular weight is 172 g/mol. The number of hydrogen-bond acceptors (Lipinski definition) is 3. The Hall–Kier alpha value is -0.570. The van der Waals surface area contributed by atoms with Gasteiger partial charge in [0.15, 0.2) is 5.60 Å². The first kappa shape index (κ1) is 9.52. The van der Waals surface area contributed by atoms with Crippen molar-refractivity contribution in [2.45, 2.75) is 38.7 Å². The van der Waals surface area contributed by atoms with Crippen molar-refractivity contribution in [2.24, 2.45) is 5.41 Å². The zero-order valence-electron chi connectivity index (χ0n) is 7.89. The topological polar surface area (TPSA) is 46.5 Å². The Kier molecular flexibility index (Phi) is 2.17. The molecule has 0 heterocycles. The van der Waals surface area contributed by atoms with E-state index in [9.17, 15) is 9.90 Å². The number of rotatable bonds is 1. The normalized spacial score (nSPS) is 33.3. The lowest BCUT2D eigenvalue weighted by Gasteiger charge is -2.33. The Balaban J connectivity index is 2.90. The van der Waals surface area contributed by atoms with Crippen molar-refractivity contribution >= 4 is 5.97 Å². The maximum atomic E-state index is 11.3. The molecule has 0 aliphatic heterocycles. The van der Waals surface area contributed by atoms with E-state index in [-0.39, 0.29) is 5.41 Å². The van der Waals surface area contributed by atoms with Gasteiger partial charge in [0.1, 0.15) is 0 Å². The highest BCUT2D eigenvalue weighted by Crippen LogP contribution is 2.46. The van der Waals surface area contributed by atoms with E-state index in [4.69, 9.17) is 0 Å². The monoisotopic (exact) mass is 172 g/mol. The van der Waals surface area contributed by atoms with Crippen LogP contribution in [0.15, 0.2) is 0 Å². The number of carbonyl (C=O) groups excluding carboxylic acids is 1. The number of ether oxygens (including phenoxy) is 1. The quantitative estimate of drug-likeness (QED) is 0.602. The van der Waals surface area contributed by atoms with Crippen LogP contribution in [-0.4, -0.2) is 23.8 Å². The highest BCUT2D eigenvalue weighted by atomic mass is 16.5. The molecule has 0 spiro atoms. The van der Waals surface area contributed by atoms with Gasteiger partial charge < -0.3 is 9.84 Å². The van der Waals surface area contributed by atoms with Gasteiger partial charge in [-0.25, -0.2) is 4.79 Å². The minimum absolute atomic E-state index is 0.347. The standard InChI is InChI=1S/C9H16O3/c1-8(2)5-4-6-9(8,11)7(10)12-3/h11H,4-6H2,1-3H3. The third kappa shape index (κ3) is 1.12. The molecule has 70 valence electrons. The summed E-state index contributed by atoms with van der Waals surface area (Å²) in [6.45, 7) is 3.80. The molecule has 1 atom stereocenters. The summed E-state index contributed by atoms with van der Waals surface area (Å²) >= 11 is 0. The van der Waals surface area contributed by atoms with Gasteiger partial charge in [0.25, 0.3) is 0 Å². The second kappa shape index (κ2) is 2.73. The first-order valence-electron chi connectivity index (χ1n) is 4.25. The van der Waals surface area contributed by atoms with Crippen molar-refractivity contribution in [3.63, 3.8) is 0 Å². The number of hydrogen-bond donors (Lipinski definition) is 1. The molecule has 12 heavy (non-hydrogen) atoms. The van der Waals surface area contributed by atoms with Crippen molar-refractivity contribution < 1.29 is 14.6 Å². The molecular formula is C9H16O3. The Morgan fingerprint density at radius 3 is 2.33 bits per heavy atom. The molecule has 0 aromatic heterocycles. The Bertz CT molecular complexity index is 198. The predicted octanol–water partition coefficient (Wildman–Crippen LogP) is 1.10. The van der Waals surface area contributed by atoms with Gasteiger partial charge >= 0.3 is 5.97 Å². The van der Waals surface area contributed by atoms with E-state index in [1.54, 1.807) is 0 Å². The second-order valence-corrected chi connectivity index (χ2v) is 4.09. The summed E-state index contributed by atoms with van der Waals surface area (Å²) in [5.74, 6) is -0.495. The molecule has 0 aromatic rings. The molecule has 0 aromatic carbocycles. The summed E-state index contributed by atoms with van der Waals surface area (Å²) in [4.78, 5) is 11.3. The summed E-state index contributed by atoms with van der Waals surface area (Å²) < 4.78 is 4.58. The third-order valence-electron chi connectivity index (χ3n) is 2.98. The smallest absolute Gasteiger partial charge is 0.338 e. The van der Waals surface area contributed by atoms with Crippen LogP contribution in [0.25, 0.3) is 0 Å². The van der Waals surface area contributed by atoms with Crippen LogP contribution in [0.4, 0.5) is 0 Å². The summed E-state index contributed by atoms with van der Waals surface area (Å²) in [7, 11) is 1.31. The lowest BCUT2D eigenvalue weighted by Crippen LogP contribution is -2.48. The fourth-order valence-electron chi connectivity index (χ4n) is 1.88. The van der Waals surface area contributed by atoms with Crippen molar-refractivity contribution in [2.75, 3.05) is 7.11 Å². The molecule has 1 aliphatic carbocycles. The molecule has 1 unspecified atom stereocenters. The van der Waals surface area contributed by atoms with Crippen LogP contribution < -0.4 is 0 Å². The van der Waals surface area contributed by atoms with Gasteiger partial charge in [-0.05, 0) is 19.3 Å². The molecular weight excluding hydrogens is 156 g/mol. The largest absolute Gasteiger partial charge is 0.467 e. The number of carbonyl (C=O) groups is 1. The van der Waals surface area contributed by atoms with E-state index < -0.39 is 11.6 Å². The van der Waals surface area contributed by atoms with Gasteiger partial charge in [0.05, 0.1) is 7.11 Å². The maximum Gasteiger partial charge on any atom is 0.338 e. The van der Waals surface area contributed by atoms with Crippen LogP contribution in [0.5, 0.6) is 0 Å². The van der Waals surface area contributed by atoms with Crippen molar-refractivity contribution in [3.05, 3.63) is 0 Å². The number of esters is 1. The van der Waals surface area contributed by atoms with Crippen molar-refractivity contribution in [1.29, 1.82) is 0 Å². The zero-order valence-corrected chi connectivity index (χ0v) is 7.89. The fourth-order valence-corrected chi connectivity index (χ4v) is 1.88. The molecule has 1 saturated carbocycles. The van der Waals surface area contributed by atoms with Crippen LogP contribution in [0.1, 0.15) is 33.1 Å². The van der Waals surface area contributed by atoms with Crippen LogP contribution in [0.2, 0.25) is 0 Å². The molecule has 0 radical (unpaired) electrons. The average Bonchev–Trinajstić information content (AvgIpc) is 2.26. The van der Waals surface area contributed by atoms with Gasteiger partial charge in [0.2, 0.25) is 0 Å². The van der Waals surface area contributed by atoms with Gasteiger partial charge in [-0.1, -0.05) is 13.8 Å². The van der Waals surface area contributed by atoms with Crippen molar-refractivity contribution in [3.8, 4) is 0 Å². The summed E-state index contributed by atoms with van der Waals surface area (Å²) in [6.07, 6.45) is 2.28. The first-order valence-corrected chi connectivity index (χ1v) is 4.25. The zero-order chi connectivity index (χ0) is 9.41. The molecule has 0 saturated heterocycles. The second-order valence-electron chi connectivity index (χ2n) is 4.09. The first-order chi connectivity index (χ1) is 5.44. The molecule has 3 nitrogen and oxygen atoms in total. The van der Waals surface area contributed by atoms with E-state index in [0.29, 0.717) is 6.42 Å². The predicted molar refractivity (Wildman–Crippen MR) is 44.6 cm³/mol. The van der Waals surface area contributed by atoms with E-state index in [0.717, 1.165) is 12.8 Å². The highest BCUT2D eigenvalue weighted by molar-refractivity contribution is 5.80. The number of methoxy groups -OCH3 is 1. The van der Waals surface area contributed by atoms with E-state index >= 15 is 0 Å². The van der Waals surface area contributed by atoms with Gasteiger partial charge in [-0.2, -0.15) is 0 Å². The Labute approximate surface area is 72.7 Å². The number of aliphatic hydroxyl groups is 1. The molecule has 1 N–H and O–H groups in total. The van der Waals surface area contributed by atoms with E-state index in [1.165, 1.54) is 7.11 Å². The minimum atomic E-state index is -1.26. The summed E-state index contributed by atoms with van der Waals surface area (Å²) in [5, 5.41) is 10.0. The van der Waals surface area contributed by atoms with Gasteiger partial charge in [0, 0.05) is 5.41 Å². The molecule has 3 heteroatoms. The van der Waals surface area contributed by atoms with Gasteiger partial charge in [-0.3, -0.25) is 0 Å². The molecule has 1 aliphatic rings. The Morgan fingerprint density at radius 1 is 1.42 bits per heavy atom. The SMILES string of the molecule is COC(=O)C1(O)CCCC1(C)C. The summed E-state index contributed by atoms with van der Waals surface area (Å²) in [5.41, 5.74) is -1.61. The molecule has 0 bridgehead atoms. The summed E-state index contributed by atoms with van der Waals surface area (Å²) in [6, 6.07) is 0. The minimum Gasteiger partial charge on any atom is -0.467 e. The fraction of sp³-hybridized carbons (Fsp3) is 0.889. The third-order valence-corrected chi connectivity index (χ3v) is 2.98. The molecule has 0 amide bonds. The lowest BCUT2D eigenvalue weighted by atomic mass is 9.78. The van der Waals surface area contributed by atoms with Crippen LogP contribution in [0, 0.1) is 5.41 Å². The van der Waals surface area contributed by atoms with Crippen molar-refractivity contribution in [1.82, 2.24) is 0 Å². The molecule has 1 rings (SSSR count). The Morgan fingerprint density at radius 2 is 2.00 bits per heavy atom. The van der Waals surface area contributed by atoms with E-state index in [2.05, 4.69) is 4.74 Å². The van der Waals surface area contributed by atoms with E-state index in [1.807, 2.05) is 13.8 Å².